The Morgan fingerprint density at radius 1 is 1.56 bits per heavy atom. The average Bonchev–Trinajstić information content (AvgIpc) is 2.41. The van der Waals surface area contributed by atoms with Crippen molar-refractivity contribution in [3.05, 3.63) is 28.2 Å². The number of piperidine rings is 1. The summed E-state index contributed by atoms with van der Waals surface area (Å²) in [5.41, 5.74) is 7.02. The first-order valence-corrected chi connectivity index (χ1v) is 6.78. The predicted molar refractivity (Wildman–Crippen MR) is 74.5 cm³/mol. The second-order valence-electron chi connectivity index (χ2n) is 4.49. The summed E-state index contributed by atoms with van der Waals surface area (Å²) >= 11 is 3.33. The molecule has 4 nitrogen and oxygen atoms in total. The Morgan fingerprint density at radius 3 is 3.00 bits per heavy atom. The third-order valence-electron chi connectivity index (χ3n) is 3.24. The highest BCUT2D eigenvalue weighted by molar-refractivity contribution is 9.10. The predicted octanol–water partition coefficient (Wildman–Crippen LogP) is 2.28. The van der Waals surface area contributed by atoms with Crippen molar-refractivity contribution in [3.63, 3.8) is 0 Å². The summed E-state index contributed by atoms with van der Waals surface area (Å²) in [5.74, 6) is 0.0240. The number of benzene rings is 1. The molecule has 0 saturated carbocycles. The first-order chi connectivity index (χ1) is 8.61. The van der Waals surface area contributed by atoms with E-state index in [0.29, 0.717) is 17.8 Å². The lowest BCUT2D eigenvalue weighted by Gasteiger charge is -2.32. The van der Waals surface area contributed by atoms with Crippen LogP contribution in [0.25, 0.3) is 0 Å². The monoisotopic (exact) mass is 312 g/mol. The van der Waals surface area contributed by atoms with Gasteiger partial charge in [-0.05, 0) is 47.0 Å². The van der Waals surface area contributed by atoms with Crippen LogP contribution in [0.2, 0.25) is 0 Å². The molecule has 1 saturated heterocycles. The molecule has 1 aliphatic heterocycles. The van der Waals surface area contributed by atoms with E-state index >= 15 is 0 Å². The minimum absolute atomic E-state index is 0.0240. The van der Waals surface area contributed by atoms with Crippen LogP contribution in [-0.4, -0.2) is 37.1 Å². The van der Waals surface area contributed by atoms with Crippen molar-refractivity contribution in [2.75, 3.05) is 25.9 Å². The van der Waals surface area contributed by atoms with Gasteiger partial charge in [0.05, 0.1) is 6.10 Å². The number of halogens is 1. The molecule has 0 aromatic heterocycles. The van der Waals surface area contributed by atoms with E-state index in [-0.39, 0.29) is 12.0 Å². The van der Waals surface area contributed by atoms with Crippen LogP contribution in [0, 0.1) is 0 Å². The van der Waals surface area contributed by atoms with Crippen LogP contribution >= 0.6 is 15.9 Å². The summed E-state index contributed by atoms with van der Waals surface area (Å²) in [5, 5.41) is 0. The smallest absolute Gasteiger partial charge is 0.254 e. The van der Waals surface area contributed by atoms with Crippen molar-refractivity contribution in [1.82, 2.24) is 4.90 Å². The standard InChI is InChI=1S/C13H17BrN2O2/c1-18-10-3-2-6-16(8-10)13(17)9-4-5-11(14)12(15)7-9/h4-5,7,10H,2-3,6,8,15H2,1H3. The zero-order valence-electron chi connectivity index (χ0n) is 10.4. The van der Waals surface area contributed by atoms with Gasteiger partial charge in [-0.3, -0.25) is 4.79 Å². The van der Waals surface area contributed by atoms with E-state index in [1.54, 1.807) is 25.3 Å². The Balaban J connectivity index is 2.12. The molecule has 18 heavy (non-hydrogen) atoms. The Bertz CT molecular complexity index is 451. The van der Waals surface area contributed by atoms with Crippen LogP contribution in [0.5, 0.6) is 0 Å². The average molecular weight is 313 g/mol. The minimum atomic E-state index is 0.0240. The summed E-state index contributed by atoms with van der Waals surface area (Å²) in [6.45, 7) is 1.44. The van der Waals surface area contributed by atoms with Gasteiger partial charge in [0.25, 0.3) is 5.91 Å². The largest absolute Gasteiger partial charge is 0.398 e. The molecule has 2 rings (SSSR count). The minimum Gasteiger partial charge on any atom is -0.398 e. The zero-order chi connectivity index (χ0) is 13.1. The molecule has 1 aliphatic rings. The number of hydrogen-bond acceptors (Lipinski definition) is 3. The molecule has 0 bridgehead atoms. The number of ether oxygens (including phenoxy) is 1. The molecular formula is C13H17BrN2O2. The van der Waals surface area contributed by atoms with Crippen molar-refractivity contribution in [2.24, 2.45) is 0 Å². The van der Waals surface area contributed by atoms with Crippen molar-refractivity contribution in [3.8, 4) is 0 Å². The van der Waals surface area contributed by atoms with Crippen molar-refractivity contribution >= 4 is 27.5 Å². The Labute approximate surface area is 115 Å². The Hall–Kier alpha value is -1.07. The highest BCUT2D eigenvalue weighted by Gasteiger charge is 2.24. The maximum absolute atomic E-state index is 12.3. The highest BCUT2D eigenvalue weighted by atomic mass is 79.9. The first kappa shape index (κ1) is 13.4. The molecule has 2 N–H and O–H groups in total. The molecule has 0 aliphatic carbocycles. The molecule has 1 amide bonds. The number of nitrogens with two attached hydrogens (primary N) is 1. The lowest BCUT2D eigenvalue weighted by atomic mass is 10.1. The van der Waals surface area contributed by atoms with E-state index in [1.165, 1.54) is 0 Å². The molecule has 1 aromatic carbocycles. The lowest BCUT2D eigenvalue weighted by molar-refractivity contribution is 0.0269. The molecule has 1 atom stereocenters. The summed E-state index contributed by atoms with van der Waals surface area (Å²) in [6, 6.07) is 5.31. The van der Waals surface area contributed by atoms with Gasteiger partial charge in [-0.2, -0.15) is 0 Å². The van der Waals surface area contributed by atoms with E-state index < -0.39 is 0 Å². The fourth-order valence-corrected chi connectivity index (χ4v) is 2.42. The quantitative estimate of drug-likeness (QED) is 0.852. The fraction of sp³-hybridized carbons (Fsp3) is 0.462. The number of nitrogen functional groups attached to an aromatic ring is 1. The lowest BCUT2D eigenvalue weighted by Crippen LogP contribution is -2.42. The van der Waals surface area contributed by atoms with Gasteiger partial charge in [0.2, 0.25) is 0 Å². The third kappa shape index (κ3) is 2.84. The molecular weight excluding hydrogens is 296 g/mol. The van der Waals surface area contributed by atoms with Crippen LogP contribution < -0.4 is 5.73 Å². The zero-order valence-corrected chi connectivity index (χ0v) is 11.9. The first-order valence-electron chi connectivity index (χ1n) is 5.99. The van der Waals surface area contributed by atoms with Crippen LogP contribution in [0.15, 0.2) is 22.7 Å². The molecule has 0 radical (unpaired) electrons. The maximum atomic E-state index is 12.3. The summed E-state index contributed by atoms with van der Waals surface area (Å²) in [4.78, 5) is 14.2. The summed E-state index contributed by atoms with van der Waals surface area (Å²) in [6.07, 6.45) is 2.15. The van der Waals surface area contributed by atoms with E-state index in [0.717, 1.165) is 23.9 Å². The number of rotatable bonds is 2. The molecule has 1 aromatic rings. The second kappa shape index (κ2) is 5.71. The van der Waals surface area contributed by atoms with E-state index in [2.05, 4.69) is 15.9 Å². The van der Waals surface area contributed by atoms with Gasteiger partial charge < -0.3 is 15.4 Å². The maximum Gasteiger partial charge on any atom is 0.254 e. The Kier molecular flexibility index (Phi) is 4.24. The molecule has 98 valence electrons. The number of amides is 1. The number of carbonyl (C=O) groups excluding carboxylic acids is 1. The molecule has 0 spiro atoms. The number of hydrogen-bond donors (Lipinski definition) is 1. The van der Waals surface area contributed by atoms with Crippen LogP contribution in [0.1, 0.15) is 23.2 Å². The van der Waals surface area contributed by atoms with Crippen LogP contribution in [0.3, 0.4) is 0 Å². The van der Waals surface area contributed by atoms with Crippen molar-refractivity contribution in [2.45, 2.75) is 18.9 Å². The highest BCUT2D eigenvalue weighted by Crippen LogP contribution is 2.22. The van der Waals surface area contributed by atoms with Crippen LogP contribution in [0.4, 0.5) is 5.69 Å². The van der Waals surface area contributed by atoms with E-state index in [1.807, 2.05) is 4.90 Å². The van der Waals surface area contributed by atoms with Crippen molar-refractivity contribution in [1.29, 1.82) is 0 Å². The molecule has 1 unspecified atom stereocenters. The van der Waals surface area contributed by atoms with Gasteiger partial charge in [0, 0.05) is 35.9 Å². The van der Waals surface area contributed by atoms with Gasteiger partial charge in [-0.25, -0.2) is 0 Å². The van der Waals surface area contributed by atoms with Gasteiger partial charge in [0.1, 0.15) is 0 Å². The molecule has 1 fully saturated rings. The summed E-state index contributed by atoms with van der Waals surface area (Å²) < 4.78 is 6.14. The van der Waals surface area contributed by atoms with E-state index in [4.69, 9.17) is 10.5 Å². The fourth-order valence-electron chi connectivity index (χ4n) is 2.17. The second-order valence-corrected chi connectivity index (χ2v) is 5.34. The molecule has 1 heterocycles. The normalized spacial score (nSPS) is 19.9. The van der Waals surface area contributed by atoms with E-state index in [9.17, 15) is 4.79 Å². The number of likely N-dealkylation sites (tertiary alicyclic amines) is 1. The number of anilines is 1. The third-order valence-corrected chi connectivity index (χ3v) is 3.96. The molecule has 5 heteroatoms. The number of carbonyl (C=O) groups is 1. The SMILES string of the molecule is COC1CCCN(C(=O)c2ccc(Br)c(N)c2)C1. The summed E-state index contributed by atoms with van der Waals surface area (Å²) in [7, 11) is 1.69. The van der Waals surface area contributed by atoms with Gasteiger partial charge in [-0.1, -0.05) is 0 Å². The van der Waals surface area contributed by atoms with Crippen molar-refractivity contribution < 1.29 is 9.53 Å². The topological polar surface area (TPSA) is 55.6 Å². The van der Waals surface area contributed by atoms with Gasteiger partial charge in [-0.15, -0.1) is 0 Å². The van der Waals surface area contributed by atoms with Crippen LogP contribution in [-0.2, 0) is 4.74 Å². The Morgan fingerprint density at radius 2 is 2.33 bits per heavy atom. The number of methoxy groups -OCH3 is 1. The number of nitrogens with zero attached hydrogens (tertiary/aromatic N) is 1. The van der Waals surface area contributed by atoms with Gasteiger partial charge >= 0.3 is 0 Å². The van der Waals surface area contributed by atoms with Gasteiger partial charge in [0.15, 0.2) is 0 Å².